The molecular formula is C17H21N5O. The number of piperazine rings is 1. The van der Waals surface area contributed by atoms with Gasteiger partial charge in [-0.1, -0.05) is 0 Å². The van der Waals surface area contributed by atoms with Gasteiger partial charge in [-0.15, -0.1) is 0 Å². The first kappa shape index (κ1) is 14.4. The number of rotatable bonds is 4. The van der Waals surface area contributed by atoms with Gasteiger partial charge < -0.3 is 4.90 Å². The topological polar surface area (TPSA) is 54.3 Å². The molecule has 4 rings (SSSR count). The van der Waals surface area contributed by atoms with Gasteiger partial charge in [-0.3, -0.25) is 9.69 Å². The van der Waals surface area contributed by atoms with Crippen LogP contribution in [0.2, 0.25) is 0 Å². The second-order valence-corrected chi connectivity index (χ2v) is 6.36. The first-order valence-corrected chi connectivity index (χ1v) is 8.28. The number of pyridine rings is 1. The summed E-state index contributed by atoms with van der Waals surface area (Å²) in [6.45, 7) is 4.73. The fourth-order valence-electron chi connectivity index (χ4n) is 3.11. The average molecular weight is 311 g/mol. The maximum Gasteiger partial charge on any atom is 0.257 e. The van der Waals surface area contributed by atoms with Gasteiger partial charge in [0.05, 0.1) is 5.56 Å². The van der Waals surface area contributed by atoms with Crippen LogP contribution in [0.15, 0.2) is 36.8 Å². The van der Waals surface area contributed by atoms with Crippen LogP contribution in [0.3, 0.4) is 0 Å². The Labute approximate surface area is 135 Å². The molecule has 1 saturated carbocycles. The predicted molar refractivity (Wildman–Crippen MR) is 86.4 cm³/mol. The van der Waals surface area contributed by atoms with Crippen molar-refractivity contribution in [3.8, 4) is 5.82 Å². The Bertz CT molecular complexity index is 672. The number of aromatic nitrogens is 3. The highest BCUT2D eigenvalue weighted by Crippen LogP contribution is 2.30. The third-order valence-corrected chi connectivity index (χ3v) is 4.61. The number of carbonyl (C=O) groups is 1. The van der Waals surface area contributed by atoms with E-state index in [1.54, 1.807) is 17.1 Å². The monoisotopic (exact) mass is 311 g/mol. The highest BCUT2D eigenvalue weighted by Gasteiger charge is 2.28. The van der Waals surface area contributed by atoms with Crippen molar-refractivity contribution in [3.63, 3.8) is 0 Å². The summed E-state index contributed by atoms with van der Waals surface area (Å²) in [6, 6.07) is 5.48. The summed E-state index contributed by atoms with van der Waals surface area (Å²) in [7, 11) is 0. The fourth-order valence-corrected chi connectivity index (χ4v) is 3.11. The molecule has 1 aliphatic carbocycles. The van der Waals surface area contributed by atoms with E-state index >= 15 is 0 Å². The second kappa shape index (κ2) is 6.12. The van der Waals surface area contributed by atoms with Crippen molar-refractivity contribution < 1.29 is 4.79 Å². The van der Waals surface area contributed by atoms with E-state index in [0.717, 1.165) is 32.1 Å². The van der Waals surface area contributed by atoms with E-state index in [4.69, 9.17) is 0 Å². The molecule has 1 amide bonds. The molecule has 2 fully saturated rings. The molecule has 2 aromatic heterocycles. The van der Waals surface area contributed by atoms with Gasteiger partial charge in [0, 0.05) is 51.3 Å². The van der Waals surface area contributed by atoms with Crippen LogP contribution in [-0.4, -0.2) is 63.2 Å². The molecule has 0 atom stereocenters. The van der Waals surface area contributed by atoms with Gasteiger partial charge in [0.25, 0.3) is 5.91 Å². The molecule has 0 spiro atoms. The molecule has 120 valence electrons. The minimum Gasteiger partial charge on any atom is -0.336 e. The molecule has 0 unspecified atom stereocenters. The zero-order chi connectivity index (χ0) is 15.6. The van der Waals surface area contributed by atoms with Gasteiger partial charge in [-0.25, -0.2) is 9.67 Å². The van der Waals surface area contributed by atoms with Gasteiger partial charge in [0.15, 0.2) is 5.82 Å². The number of carbonyl (C=O) groups excluding carboxylic acids is 1. The molecule has 1 aliphatic heterocycles. The lowest BCUT2D eigenvalue weighted by molar-refractivity contribution is 0.0631. The SMILES string of the molecule is O=C(c1cccnc1-n1cccn1)N1CCN(CC2CC2)CC1. The van der Waals surface area contributed by atoms with Crippen molar-refractivity contribution in [1.82, 2.24) is 24.6 Å². The van der Waals surface area contributed by atoms with Gasteiger partial charge in [-0.05, 0) is 37.0 Å². The normalized spacial score (nSPS) is 19.0. The van der Waals surface area contributed by atoms with Crippen LogP contribution in [0.25, 0.3) is 5.82 Å². The number of hydrogen-bond donors (Lipinski definition) is 0. The lowest BCUT2D eigenvalue weighted by atomic mass is 10.2. The molecular weight excluding hydrogens is 290 g/mol. The van der Waals surface area contributed by atoms with Crippen LogP contribution in [0.5, 0.6) is 0 Å². The number of amides is 1. The highest BCUT2D eigenvalue weighted by atomic mass is 16.2. The predicted octanol–water partition coefficient (Wildman–Crippen LogP) is 1.44. The minimum atomic E-state index is 0.0506. The van der Waals surface area contributed by atoms with Gasteiger partial charge in [0.2, 0.25) is 0 Å². The smallest absolute Gasteiger partial charge is 0.257 e. The van der Waals surface area contributed by atoms with Crippen molar-refractivity contribution in [2.45, 2.75) is 12.8 Å². The Kier molecular flexibility index (Phi) is 3.83. The van der Waals surface area contributed by atoms with Crippen molar-refractivity contribution in [2.75, 3.05) is 32.7 Å². The summed E-state index contributed by atoms with van der Waals surface area (Å²) < 4.78 is 1.65. The Morgan fingerprint density at radius 3 is 2.65 bits per heavy atom. The maximum atomic E-state index is 12.9. The van der Waals surface area contributed by atoms with Crippen LogP contribution in [0, 0.1) is 5.92 Å². The summed E-state index contributed by atoms with van der Waals surface area (Å²) in [5, 5.41) is 4.20. The summed E-state index contributed by atoms with van der Waals surface area (Å²) >= 11 is 0. The van der Waals surface area contributed by atoms with E-state index in [9.17, 15) is 4.79 Å². The minimum absolute atomic E-state index is 0.0506. The largest absolute Gasteiger partial charge is 0.336 e. The van der Waals surface area contributed by atoms with E-state index in [0.29, 0.717) is 11.4 Å². The Hall–Kier alpha value is -2.21. The molecule has 2 aliphatic rings. The molecule has 1 saturated heterocycles. The molecule has 6 heteroatoms. The molecule has 0 radical (unpaired) electrons. The standard InChI is InChI=1S/C17H21N5O/c23-17(21-11-9-20(10-12-21)13-14-4-5-14)15-3-1-6-18-16(15)22-8-2-7-19-22/h1-3,6-8,14H,4-5,9-13H2. The molecule has 3 heterocycles. The summed E-state index contributed by atoms with van der Waals surface area (Å²) in [4.78, 5) is 21.6. The number of nitrogens with zero attached hydrogens (tertiary/aromatic N) is 5. The van der Waals surface area contributed by atoms with Crippen molar-refractivity contribution >= 4 is 5.91 Å². The van der Waals surface area contributed by atoms with Crippen molar-refractivity contribution in [3.05, 3.63) is 42.4 Å². The van der Waals surface area contributed by atoms with E-state index in [1.165, 1.54) is 19.4 Å². The summed E-state index contributed by atoms with van der Waals surface area (Å²) in [6.07, 6.45) is 7.96. The van der Waals surface area contributed by atoms with E-state index in [2.05, 4.69) is 15.0 Å². The zero-order valence-electron chi connectivity index (χ0n) is 13.1. The lowest BCUT2D eigenvalue weighted by Gasteiger charge is -2.35. The molecule has 6 nitrogen and oxygen atoms in total. The molecule has 0 bridgehead atoms. The Morgan fingerprint density at radius 1 is 1.13 bits per heavy atom. The maximum absolute atomic E-state index is 12.9. The molecule has 23 heavy (non-hydrogen) atoms. The molecule has 0 N–H and O–H groups in total. The average Bonchev–Trinajstić information content (AvgIpc) is 3.24. The van der Waals surface area contributed by atoms with E-state index in [1.807, 2.05) is 29.3 Å². The van der Waals surface area contributed by atoms with Gasteiger partial charge >= 0.3 is 0 Å². The van der Waals surface area contributed by atoms with E-state index in [-0.39, 0.29) is 5.91 Å². The van der Waals surface area contributed by atoms with Crippen molar-refractivity contribution in [2.24, 2.45) is 5.92 Å². The zero-order valence-corrected chi connectivity index (χ0v) is 13.1. The van der Waals surface area contributed by atoms with Gasteiger partial charge in [-0.2, -0.15) is 5.10 Å². The first-order chi connectivity index (χ1) is 11.3. The molecule has 0 aromatic carbocycles. The molecule has 2 aromatic rings. The Balaban J connectivity index is 1.47. The third kappa shape index (κ3) is 3.12. The van der Waals surface area contributed by atoms with Gasteiger partial charge in [0.1, 0.15) is 0 Å². The van der Waals surface area contributed by atoms with Crippen LogP contribution in [-0.2, 0) is 0 Å². The van der Waals surface area contributed by atoms with Crippen molar-refractivity contribution in [1.29, 1.82) is 0 Å². The summed E-state index contributed by atoms with van der Waals surface area (Å²) in [5.74, 6) is 1.56. The lowest BCUT2D eigenvalue weighted by Crippen LogP contribution is -2.49. The number of hydrogen-bond acceptors (Lipinski definition) is 4. The summed E-state index contributed by atoms with van der Waals surface area (Å²) in [5.41, 5.74) is 0.617. The fraction of sp³-hybridized carbons (Fsp3) is 0.471. The van der Waals surface area contributed by atoms with Crippen LogP contribution >= 0.6 is 0 Å². The third-order valence-electron chi connectivity index (χ3n) is 4.61. The first-order valence-electron chi connectivity index (χ1n) is 8.28. The second-order valence-electron chi connectivity index (χ2n) is 6.36. The van der Waals surface area contributed by atoms with E-state index < -0.39 is 0 Å². The van der Waals surface area contributed by atoms with Crippen LogP contribution in [0.4, 0.5) is 0 Å². The van der Waals surface area contributed by atoms with Crippen LogP contribution in [0.1, 0.15) is 23.2 Å². The quantitative estimate of drug-likeness (QED) is 0.857. The van der Waals surface area contributed by atoms with Crippen LogP contribution < -0.4 is 0 Å². The Morgan fingerprint density at radius 2 is 1.96 bits per heavy atom. The highest BCUT2D eigenvalue weighted by molar-refractivity contribution is 5.97.